The zero-order chi connectivity index (χ0) is 15.2. The lowest BCUT2D eigenvalue weighted by Gasteiger charge is -2.21. The summed E-state index contributed by atoms with van der Waals surface area (Å²) in [5.74, 6) is -0.502. The summed E-state index contributed by atoms with van der Waals surface area (Å²) in [6.45, 7) is 2.80. The Bertz CT molecular complexity index is 512. The van der Waals surface area contributed by atoms with Gasteiger partial charge in [0.1, 0.15) is 6.54 Å². The van der Waals surface area contributed by atoms with E-state index in [1.807, 2.05) is 24.3 Å². The van der Waals surface area contributed by atoms with Gasteiger partial charge in [0.2, 0.25) is 0 Å². The molecule has 2 N–H and O–H groups in total. The van der Waals surface area contributed by atoms with Crippen LogP contribution in [-0.4, -0.2) is 35.1 Å². The lowest BCUT2D eigenvalue weighted by atomic mass is 10.1. The van der Waals surface area contributed by atoms with E-state index in [-0.39, 0.29) is 12.6 Å². The van der Waals surface area contributed by atoms with E-state index in [2.05, 4.69) is 12.2 Å². The van der Waals surface area contributed by atoms with Crippen LogP contribution < -0.4 is 5.32 Å². The van der Waals surface area contributed by atoms with Crippen LogP contribution in [0, 0.1) is 5.92 Å². The van der Waals surface area contributed by atoms with E-state index in [1.54, 1.807) is 0 Å². The van der Waals surface area contributed by atoms with Gasteiger partial charge < -0.3 is 15.3 Å². The molecule has 2 rings (SSSR count). The number of hydrogen-bond acceptors (Lipinski definition) is 2. The molecule has 0 radical (unpaired) electrons. The number of carbonyl (C=O) groups is 2. The standard InChI is InChI=1S/C16H22N2O3/c1-2-13-5-3-4-6-14(13)9-17-16(21)18(11-15(19)20)10-12-7-8-12/h3-6,12H,2,7-11H2,1H3,(H,17,21)(H,19,20). The van der Waals surface area contributed by atoms with E-state index in [9.17, 15) is 9.59 Å². The molecule has 21 heavy (non-hydrogen) atoms. The smallest absolute Gasteiger partial charge is 0.323 e. The summed E-state index contributed by atoms with van der Waals surface area (Å²) >= 11 is 0. The summed E-state index contributed by atoms with van der Waals surface area (Å²) in [6.07, 6.45) is 3.08. The molecule has 0 aliphatic heterocycles. The van der Waals surface area contributed by atoms with E-state index in [4.69, 9.17) is 5.11 Å². The predicted octanol–water partition coefficient (Wildman–Crippen LogP) is 2.26. The number of amides is 2. The Balaban J connectivity index is 1.92. The fourth-order valence-corrected chi connectivity index (χ4v) is 2.35. The van der Waals surface area contributed by atoms with Crippen LogP contribution in [-0.2, 0) is 17.8 Å². The molecule has 1 fully saturated rings. The molecule has 1 aliphatic rings. The highest BCUT2D eigenvalue weighted by Gasteiger charge is 2.27. The van der Waals surface area contributed by atoms with E-state index in [0.717, 1.165) is 24.8 Å². The summed E-state index contributed by atoms with van der Waals surface area (Å²) in [5, 5.41) is 11.7. The number of nitrogens with zero attached hydrogens (tertiary/aromatic N) is 1. The first kappa shape index (κ1) is 15.4. The molecule has 0 atom stereocenters. The van der Waals surface area contributed by atoms with E-state index >= 15 is 0 Å². The van der Waals surface area contributed by atoms with Crippen LogP contribution in [0.4, 0.5) is 4.79 Å². The van der Waals surface area contributed by atoms with Crippen molar-refractivity contribution in [3.8, 4) is 0 Å². The fourth-order valence-electron chi connectivity index (χ4n) is 2.35. The Kier molecular flexibility index (Phi) is 5.20. The topological polar surface area (TPSA) is 69.6 Å². The molecule has 1 aromatic carbocycles. The molecule has 2 amide bonds. The van der Waals surface area contributed by atoms with Crippen molar-refractivity contribution in [2.75, 3.05) is 13.1 Å². The van der Waals surface area contributed by atoms with Crippen molar-refractivity contribution < 1.29 is 14.7 Å². The van der Waals surface area contributed by atoms with Crippen LogP contribution in [0.1, 0.15) is 30.9 Å². The maximum absolute atomic E-state index is 12.2. The number of carbonyl (C=O) groups excluding carboxylic acids is 1. The molecule has 5 nitrogen and oxygen atoms in total. The average Bonchev–Trinajstić information content (AvgIpc) is 3.28. The number of carboxylic acids is 1. The molecule has 1 aliphatic carbocycles. The lowest BCUT2D eigenvalue weighted by Crippen LogP contribution is -2.43. The van der Waals surface area contributed by atoms with Crippen molar-refractivity contribution in [1.29, 1.82) is 0 Å². The Morgan fingerprint density at radius 1 is 1.29 bits per heavy atom. The SMILES string of the molecule is CCc1ccccc1CNC(=O)N(CC(=O)O)CC1CC1. The summed E-state index contributed by atoms with van der Waals surface area (Å²) in [4.78, 5) is 24.4. The van der Waals surface area contributed by atoms with Gasteiger partial charge in [-0.25, -0.2) is 4.79 Å². The quantitative estimate of drug-likeness (QED) is 0.809. The van der Waals surface area contributed by atoms with Crippen LogP contribution in [0.3, 0.4) is 0 Å². The van der Waals surface area contributed by atoms with Crippen molar-refractivity contribution in [2.24, 2.45) is 5.92 Å². The van der Waals surface area contributed by atoms with Crippen LogP contribution in [0.5, 0.6) is 0 Å². The van der Waals surface area contributed by atoms with Crippen molar-refractivity contribution in [2.45, 2.75) is 32.7 Å². The fraction of sp³-hybridized carbons (Fsp3) is 0.500. The normalized spacial score (nSPS) is 13.8. The molecule has 0 spiro atoms. The van der Waals surface area contributed by atoms with Gasteiger partial charge >= 0.3 is 12.0 Å². The monoisotopic (exact) mass is 290 g/mol. The summed E-state index contributed by atoms with van der Waals surface area (Å²) in [5.41, 5.74) is 2.28. The van der Waals surface area contributed by atoms with Crippen LogP contribution in [0.25, 0.3) is 0 Å². The summed E-state index contributed by atoms with van der Waals surface area (Å²) in [7, 11) is 0. The van der Waals surface area contributed by atoms with Gasteiger partial charge in [0.25, 0.3) is 0 Å². The first-order chi connectivity index (χ1) is 10.1. The minimum absolute atomic E-state index is 0.238. The van der Waals surface area contributed by atoms with Crippen LogP contribution >= 0.6 is 0 Å². The van der Waals surface area contributed by atoms with Gasteiger partial charge in [0, 0.05) is 13.1 Å². The zero-order valence-corrected chi connectivity index (χ0v) is 12.3. The third-order valence-electron chi connectivity index (χ3n) is 3.72. The highest BCUT2D eigenvalue weighted by atomic mass is 16.4. The average molecular weight is 290 g/mol. The lowest BCUT2D eigenvalue weighted by molar-refractivity contribution is -0.137. The van der Waals surface area contributed by atoms with Gasteiger partial charge in [0.15, 0.2) is 0 Å². The number of aryl methyl sites for hydroxylation is 1. The number of urea groups is 1. The maximum atomic E-state index is 12.2. The molecule has 0 heterocycles. The van der Waals surface area contributed by atoms with Gasteiger partial charge in [-0.05, 0) is 36.3 Å². The Hall–Kier alpha value is -2.04. The Morgan fingerprint density at radius 3 is 2.52 bits per heavy atom. The minimum atomic E-state index is -0.972. The van der Waals surface area contributed by atoms with Crippen molar-refractivity contribution >= 4 is 12.0 Å². The van der Waals surface area contributed by atoms with E-state index in [0.29, 0.717) is 19.0 Å². The predicted molar refractivity (Wildman–Crippen MR) is 80.0 cm³/mol. The second-order valence-electron chi connectivity index (χ2n) is 5.50. The number of hydrogen-bond donors (Lipinski definition) is 2. The second kappa shape index (κ2) is 7.11. The van der Waals surface area contributed by atoms with Crippen LogP contribution in [0.2, 0.25) is 0 Å². The van der Waals surface area contributed by atoms with E-state index < -0.39 is 5.97 Å². The first-order valence-corrected chi connectivity index (χ1v) is 7.41. The first-order valence-electron chi connectivity index (χ1n) is 7.41. The van der Waals surface area contributed by atoms with Crippen molar-refractivity contribution in [3.05, 3.63) is 35.4 Å². The molecular formula is C16H22N2O3. The number of carboxylic acid groups (broad SMARTS) is 1. The van der Waals surface area contributed by atoms with Gasteiger partial charge in [0.05, 0.1) is 0 Å². The summed E-state index contributed by atoms with van der Waals surface area (Å²) < 4.78 is 0. The van der Waals surface area contributed by atoms with Crippen molar-refractivity contribution in [1.82, 2.24) is 10.2 Å². The zero-order valence-electron chi connectivity index (χ0n) is 12.3. The van der Waals surface area contributed by atoms with Gasteiger partial charge in [-0.3, -0.25) is 4.79 Å². The Morgan fingerprint density at radius 2 is 1.95 bits per heavy atom. The molecular weight excluding hydrogens is 268 g/mol. The maximum Gasteiger partial charge on any atom is 0.323 e. The van der Waals surface area contributed by atoms with Gasteiger partial charge in [-0.2, -0.15) is 0 Å². The molecule has 1 aromatic rings. The molecule has 0 saturated heterocycles. The molecule has 1 saturated carbocycles. The number of nitrogens with one attached hydrogen (secondary N) is 1. The number of aliphatic carboxylic acids is 1. The van der Waals surface area contributed by atoms with Gasteiger partial charge in [-0.1, -0.05) is 31.2 Å². The Labute approximate surface area is 125 Å². The molecule has 0 unspecified atom stereocenters. The third-order valence-corrected chi connectivity index (χ3v) is 3.72. The van der Waals surface area contributed by atoms with Crippen LogP contribution in [0.15, 0.2) is 24.3 Å². The largest absolute Gasteiger partial charge is 0.480 e. The third kappa shape index (κ3) is 4.77. The highest BCUT2D eigenvalue weighted by Crippen LogP contribution is 2.29. The summed E-state index contributed by atoms with van der Waals surface area (Å²) in [6, 6.07) is 7.66. The van der Waals surface area contributed by atoms with Gasteiger partial charge in [-0.15, -0.1) is 0 Å². The molecule has 5 heteroatoms. The molecule has 0 bridgehead atoms. The number of rotatable bonds is 7. The number of benzene rings is 1. The molecule has 114 valence electrons. The minimum Gasteiger partial charge on any atom is -0.480 e. The van der Waals surface area contributed by atoms with Crippen molar-refractivity contribution in [3.63, 3.8) is 0 Å². The molecule has 0 aromatic heterocycles. The second-order valence-corrected chi connectivity index (χ2v) is 5.50. The highest BCUT2D eigenvalue weighted by molar-refractivity contribution is 5.80. The van der Waals surface area contributed by atoms with E-state index in [1.165, 1.54) is 10.5 Å².